The van der Waals surface area contributed by atoms with E-state index in [1.165, 1.54) is 23.5 Å². The quantitative estimate of drug-likeness (QED) is 0.776. The highest BCUT2D eigenvalue weighted by Crippen LogP contribution is 2.24. The van der Waals surface area contributed by atoms with E-state index in [1.807, 2.05) is 11.4 Å². The van der Waals surface area contributed by atoms with Gasteiger partial charge in [-0.2, -0.15) is 5.26 Å². The second-order valence-corrected chi connectivity index (χ2v) is 3.85. The molecule has 0 bridgehead atoms. The van der Waals surface area contributed by atoms with Gasteiger partial charge in [0.05, 0.1) is 18.2 Å². The lowest BCUT2D eigenvalue weighted by Crippen LogP contribution is -1.82. The molecular weight excluding hydrogens is 211 g/mol. The van der Waals surface area contributed by atoms with Crippen molar-refractivity contribution in [3.63, 3.8) is 0 Å². The van der Waals surface area contributed by atoms with Crippen molar-refractivity contribution in [3.05, 3.63) is 41.2 Å². The Morgan fingerprint density at radius 2 is 2.33 bits per heavy atom. The Hall–Kier alpha value is -1.73. The maximum atomic E-state index is 12.9. The van der Waals surface area contributed by atoms with Gasteiger partial charge in [0.25, 0.3) is 0 Å². The van der Waals surface area contributed by atoms with Gasteiger partial charge in [0.1, 0.15) is 10.8 Å². The molecule has 1 heterocycles. The van der Waals surface area contributed by atoms with Crippen molar-refractivity contribution in [1.29, 1.82) is 5.26 Å². The summed E-state index contributed by atoms with van der Waals surface area (Å²) in [6, 6.07) is 8.32. The average Bonchev–Trinajstić information content (AvgIpc) is 2.67. The molecule has 2 rings (SSSR count). The van der Waals surface area contributed by atoms with Crippen molar-refractivity contribution < 1.29 is 4.39 Å². The van der Waals surface area contributed by atoms with E-state index in [0.717, 1.165) is 16.3 Å². The van der Waals surface area contributed by atoms with E-state index in [9.17, 15) is 4.39 Å². The molecule has 15 heavy (non-hydrogen) atoms. The average molecular weight is 218 g/mol. The van der Waals surface area contributed by atoms with Gasteiger partial charge in [-0.25, -0.2) is 9.37 Å². The van der Waals surface area contributed by atoms with Crippen molar-refractivity contribution >= 4 is 11.3 Å². The van der Waals surface area contributed by atoms with Gasteiger partial charge in [-0.05, 0) is 12.1 Å². The van der Waals surface area contributed by atoms with Gasteiger partial charge in [-0.15, -0.1) is 11.3 Å². The van der Waals surface area contributed by atoms with Crippen LogP contribution in [0, 0.1) is 17.1 Å². The van der Waals surface area contributed by atoms with Gasteiger partial charge in [-0.1, -0.05) is 12.1 Å². The Bertz CT molecular complexity index is 513. The van der Waals surface area contributed by atoms with E-state index in [0.29, 0.717) is 6.42 Å². The van der Waals surface area contributed by atoms with Crippen LogP contribution in [-0.4, -0.2) is 4.98 Å². The van der Waals surface area contributed by atoms with E-state index in [2.05, 4.69) is 4.98 Å². The van der Waals surface area contributed by atoms with Crippen LogP contribution in [0.15, 0.2) is 29.6 Å². The minimum atomic E-state index is -0.274. The largest absolute Gasteiger partial charge is 0.240 e. The molecule has 2 nitrogen and oxygen atoms in total. The van der Waals surface area contributed by atoms with Gasteiger partial charge < -0.3 is 0 Å². The molecule has 0 saturated heterocycles. The molecule has 0 saturated carbocycles. The summed E-state index contributed by atoms with van der Waals surface area (Å²) in [5.74, 6) is -0.274. The van der Waals surface area contributed by atoms with Crippen molar-refractivity contribution in [2.24, 2.45) is 0 Å². The third-order valence-electron chi connectivity index (χ3n) is 1.88. The van der Waals surface area contributed by atoms with Crippen LogP contribution in [0.25, 0.3) is 10.6 Å². The lowest BCUT2D eigenvalue weighted by molar-refractivity contribution is 0.628. The normalized spacial score (nSPS) is 9.87. The lowest BCUT2D eigenvalue weighted by Gasteiger charge is -1.94. The van der Waals surface area contributed by atoms with Crippen LogP contribution in [0.3, 0.4) is 0 Å². The Morgan fingerprint density at radius 3 is 3.07 bits per heavy atom. The number of benzene rings is 1. The van der Waals surface area contributed by atoms with Crippen LogP contribution in [0.4, 0.5) is 4.39 Å². The van der Waals surface area contributed by atoms with Crippen LogP contribution >= 0.6 is 11.3 Å². The van der Waals surface area contributed by atoms with Gasteiger partial charge >= 0.3 is 0 Å². The van der Waals surface area contributed by atoms with Crippen LogP contribution in [0.2, 0.25) is 0 Å². The van der Waals surface area contributed by atoms with E-state index < -0.39 is 0 Å². The third kappa shape index (κ3) is 2.20. The minimum Gasteiger partial charge on any atom is -0.240 e. The Balaban J connectivity index is 2.34. The fraction of sp³-hybridized carbons (Fsp3) is 0.0909. The molecule has 0 N–H and O–H groups in total. The summed E-state index contributed by atoms with van der Waals surface area (Å²) in [6.45, 7) is 0. The molecular formula is C11H7FN2S. The number of thiazole rings is 1. The smallest absolute Gasteiger partial charge is 0.123 e. The highest BCUT2D eigenvalue weighted by Gasteiger charge is 2.04. The summed E-state index contributed by atoms with van der Waals surface area (Å²) < 4.78 is 12.9. The zero-order valence-corrected chi connectivity index (χ0v) is 8.59. The number of nitriles is 1. The number of aromatic nitrogens is 1. The van der Waals surface area contributed by atoms with E-state index in [4.69, 9.17) is 5.26 Å². The second-order valence-electron chi connectivity index (χ2n) is 2.99. The van der Waals surface area contributed by atoms with E-state index >= 15 is 0 Å². The third-order valence-corrected chi connectivity index (χ3v) is 2.82. The molecule has 0 atom stereocenters. The molecule has 0 aliphatic carbocycles. The summed E-state index contributed by atoms with van der Waals surface area (Å²) in [6.07, 6.45) is 0.297. The van der Waals surface area contributed by atoms with Gasteiger partial charge in [-0.3, -0.25) is 0 Å². The summed E-state index contributed by atoms with van der Waals surface area (Å²) in [5.41, 5.74) is 1.49. The molecule has 4 heteroatoms. The molecule has 1 aromatic heterocycles. The second kappa shape index (κ2) is 4.20. The zero-order valence-electron chi connectivity index (χ0n) is 7.77. The Morgan fingerprint density at radius 1 is 1.47 bits per heavy atom. The number of hydrogen-bond donors (Lipinski definition) is 0. The molecule has 0 amide bonds. The first kappa shape index (κ1) is 9.81. The number of hydrogen-bond acceptors (Lipinski definition) is 3. The molecule has 0 unspecified atom stereocenters. The van der Waals surface area contributed by atoms with Crippen LogP contribution < -0.4 is 0 Å². The predicted molar refractivity (Wildman–Crippen MR) is 56.8 cm³/mol. The molecule has 0 aliphatic heterocycles. The van der Waals surface area contributed by atoms with Crippen LogP contribution in [-0.2, 0) is 6.42 Å². The van der Waals surface area contributed by atoms with Gasteiger partial charge in [0, 0.05) is 10.9 Å². The van der Waals surface area contributed by atoms with Crippen molar-refractivity contribution in [1.82, 2.24) is 4.98 Å². The first-order valence-electron chi connectivity index (χ1n) is 4.37. The maximum Gasteiger partial charge on any atom is 0.123 e. The van der Waals surface area contributed by atoms with Crippen molar-refractivity contribution in [2.45, 2.75) is 6.42 Å². The first-order valence-corrected chi connectivity index (χ1v) is 5.25. The summed E-state index contributed by atoms with van der Waals surface area (Å²) in [4.78, 5) is 4.24. The maximum absolute atomic E-state index is 12.9. The molecule has 0 aliphatic rings. The number of nitrogens with zero attached hydrogens (tertiary/aromatic N) is 2. The Labute approximate surface area is 90.6 Å². The van der Waals surface area contributed by atoms with Gasteiger partial charge in [0.2, 0.25) is 0 Å². The SMILES string of the molecule is N#CCc1csc(-c2cccc(F)c2)n1. The van der Waals surface area contributed by atoms with Crippen molar-refractivity contribution in [3.8, 4) is 16.6 Å². The summed E-state index contributed by atoms with van der Waals surface area (Å²) >= 11 is 1.42. The molecule has 74 valence electrons. The fourth-order valence-electron chi connectivity index (χ4n) is 1.22. The zero-order chi connectivity index (χ0) is 10.7. The van der Waals surface area contributed by atoms with Gasteiger partial charge in [0.15, 0.2) is 0 Å². The molecule has 2 aromatic rings. The predicted octanol–water partition coefficient (Wildman–Crippen LogP) is 3.02. The standard InChI is InChI=1S/C11H7FN2S/c12-9-3-1-2-8(6-9)11-14-10(4-5-13)7-15-11/h1-3,6-7H,4H2. The Kier molecular flexibility index (Phi) is 2.75. The highest BCUT2D eigenvalue weighted by atomic mass is 32.1. The minimum absolute atomic E-state index is 0.274. The summed E-state index contributed by atoms with van der Waals surface area (Å²) in [5, 5.41) is 11.1. The monoisotopic (exact) mass is 218 g/mol. The molecule has 0 radical (unpaired) electrons. The van der Waals surface area contributed by atoms with E-state index in [-0.39, 0.29) is 5.82 Å². The summed E-state index contributed by atoms with van der Waals surface area (Å²) in [7, 11) is 0. The first-order chi connectivity index (χ1) is 7.29. The molecule has 1 aromatic carbocycles. The van der Waals surface area contributed by atoms with Crippen LogP contribution in [0.5, 0.6) is 0 Å². The topological polar surface area (TPSA) is 36.7 Å². The van der Waals surface area contributed by atoms with E-state index in [1.54, 1.807) is 12.1 Å². The number of halogens is 1. The van der Waals surface area contributed by atoms with Crippen LogP contribution in [0.1, 0.15) is 5.69 Å². The number of rotatable bonds is 2. The lowest BCUT2D eigenvalue weighted by atomic mass is 10.2. The molecule has 0 spiro atoms. The fourth-order valence-corrected chi connectivity index (χ4v) is 2.04. The highest BCUT2D eigenvalue weighted by molar-refractivity contribution is 7.13. The van der Waals surface area contributed by atoms with Crippen molar-refractivity contribution in [2.75, 3.05) is 0 Å². The molecule has 0 fully saturated rings.